The molecule has 0 aliphatic heterocycles. The Morgan fingerprint density at radius 1 is 1.00 bits per heavy atom. The van der Waals surface area contributed by atoms with Gasteiger partial charge in [0.15, 0.2) is 11.6 Å². The summed E-state index contributed by atoms with van der Waals surface area (Å²) < 4.78 is 0. The van der Waals surface area contributed by atoms with Crippen molar-refractivity contribution in [3.8, 4) is 11.5 Å². The summed E-state index contributed by atoms with van der Waals surface area (Å²) in [6.07, 6.45) is 5.73. The van der Waals surface area contributed by atoms with Crippen LogP contribution in [-0.4, -0.2) is 20.7 Å². The third-order valence-corrected chi connectivity index (χ3v) is 3.87. The summed E-state index contributed by atoms with van der Waals surface area (Å²) >= 11 is 0. The predicted molar refractivity (Wildman–Crippen MR) is 80.0 cm³/mol. The van der Waals surface area contributed by atoms with E-state index in [4.69, 9.17) is 0 Å². The van der Waals surface area contributed by atoms with Gasteiger partial charge in [0.2, 0.25) is 0 Å². The van der Waals surface area contributed by atoms with E-state index in [9.17, 15) is 4.79 Å². The lowest BCUT2D eigenvalue weighted by molar-refractivity contribution is 0.0971. The number of aryl methyl sites for hydroxylation is 1. The molecule has 1 aliphatic carbocycles. The molecule has 1 aromatic carbocycles. The highest BCUT2D eigenvalue weighted by Crippen LogP contribution is 2.26. The molecular weight excluding hydrogens is 262 g/mol. The normalized spacial score (nSPS) is 14.2. The molecule has 0 saturated heterocycles. The van der Waals surface area contributed by atoms with E-state index < -0.39 is 0 Å². The number of carbonyl (C=O) groups is 1. The van der Waals surface area contributed by atoms with Crippen LogP contribution in [0.15, 0.2) is 42.7 Å². The second kappa shape index (κ2) is 4.74. The zero-order valence-corrected chi connectivity index (χ0v) is 11.4. The third kappa shape index (κ3) is 2.00. The average Bonchev–Trinajstić information content (AvgIpc) is 2.54. The van der Waals surface area contributed by atoms with Crippen LogP contribution >= 0.6 is 0 Å². The molecule has 0 fully saturated rings. The van der Waals surface area contributed by atoms with Crippen molar-refractivity contribution in [2.45, 2.75) is 19.3 Å². The Kier molecular flexibility index (Phi) is 2.74. The maximum absolute atomic E-state index is 11.9. The van der Waals surface area contributed by atoms with E-state index in [0.29, 0.717) is 17.8 Å². The molecule has 1 aliphatic rings. The molecule has 0 saturated carbocycles. The van der Waals surface area contributed by atoms with Gasteiger partial charge in [0, 0.05) is 24.2 Å². The van der Waals surface area contributed by atoms with Crippen LogP contribution in [0.4, 0.5) is 0 Å². The van der Waals surface area contributed by atoms with E-state index in [1.54, 1.807) is 12.4 Å². The molecule has 0 unspecified atom stereocenters. The Balaban J connectivity index is 1.91. The van der Waals surface area contributed by atoms with Crippen molar-refractivity contribution in [2.75, 3.05) is 0 Å². The second-order valence-electron chi connectivity index (χ2n) is 5.21. The number of fused-ring (bicyclic) bond motifs is 2. The number of pyridine rings is 1. The number of Topliss-reactive ketones (excluding diaryl/α,β-unsaturated/α-hetero) is 1. The minimum Gasteiger partial charge on any atom is -0.294 e. The van der Waals surface area contributed by atoms with Crippen molar-refractivity contribution in [2.24, 2.45) is 0 Å². The van der Waals surface area contributed by atoms with Crippen LogP contribution < -0.4 is 0 Å². The zero-order valence-electron chi connectivity index (χ0n) is 11.4. The Morgan fingerprint density at radius 2 is 1.90 bits per heavy atom. The van der Waals surface area contributed by atoms with E-state index in [0.717, 1.165) is 35.0 Å². The highest BCUT2D eigenvalue weighted by Gasteiger charge is 2.20. The summed E-state index contributed by atoms with van der Waals surface area (Å²) in [6.45, 7) is 0. The molecule has 0 bridgehead atoms. The number of ketones is 1. The average molecular weight is 275 g/mol. The Bertz CT molecular complexity index is 852. The van der Waals surface area contributed by atoms with Gasteiger partial charge in [0.25, 0.3) is 0 Å². The van der Waals surface area contributed by atoms with Gasteiger partial charge in [0.1, 0.15) is 5.69 Å². The topological polar surface area (TPSA) is 55.7 Å². The van der Waals surface area contributed by atoms with E-state index >= 15 is 0 Å². The second-order valence-corrected chi connectivity index (χ2v) is 5.21. The van der Waals surface area contributed by atoms with Gasteiger partial charge in [-0.2, -0.15) is 0 Å². The lowest BCUT2D eigenvalue weighted by Crippen LogP contribution is -2.14. The Labute approximate surface area is 121 Å². The summed E-state index contributed by atoms with van der Waals surface area (Å²) in [6, 6.07) is 10.0. The molecule has 0 N–H and O–H groups in total. The summed E-state index contributed by atoms with van der Waals surface area (Å²) in [4.78, 5) is 25.2. The molecule has 0 spiro atoms. The molecule has 0 atom stereocenters. The van der Waals surface area contributed by atoms with Crippen LogP contribution in [0, 0.1) is 0 Å². The maximum atomic E-state index is 11.9. The van der Waals surface area contributed by atoms with Crippen molar-refractivity contribution in [3.63, 3.8) is 0 Å². The lowest BCUT2D eigenvalue weighted by Gasteiger charge is -2.14. The number of aromatic nitrogens is 3. The fraction of sp³-hybridized carbons (Fsp3) is 0.176. The van der Waals surface area contributed by atoms with E-state index in [1.807, 2.05) is 30.3 Å². The predicted octanol–water partition coefficient (Wildman–Crippen LogP) is 3.21. The fourth-order valence-corrected chi connectivity index (χ4v) is 2.80. The molecule has 4 nitrogen and oxygen atoms in total. The van der Waals surface area contributed by atoms with Crippen LogP contribution in [0.5, 0.6) is 0 Å². The first kappa shape index (κ1) is 12.1. The number of benzene rings is 1. The molecule has 4 heteroatoms. The highest BCUT2D eigenvalue weighted by atomic mass is 16.1. The van der Waals surface area contributed by atoms with Gasteiger partial charge in [-0.05, 0) is 24.3 Å². The quantitative estimate of drug-likeness (QED) is 0.684. The van der Waals surface area contributed by atoms with Crippen LogP contribution in [-0.2, 0) is 6.42 Å². The SMILES string of the molecule is O=C1CCCc2nc(-c3nccc4ccccc34)ncc21. The third-order valence-electron chi connectivity index (χ3n) is 3.87. The Hall–Kier alpha value is -2.62. The molecule has 3 aromatic rings. The standard InChI is InChI=1S/C17H13N3O/c21-15-7-3-6-14-13(15)10-19-17(20-14)16-12-5-2-1-4-11(12)8-9-18-16/h1-2,4-5,8-10H,3,6-7H2. The van der Waals surface area contributed by atoms with Crippen LogP contribution in [0.3, 0.4) is 0 Å². The first-order valence-corrected chi connectivity index (χ1v) is 7.06. The van der Waals surface area contributed by atoms with Crippen LogP contribution in [0.2, 0.25) is 0 Å². The monoisotopic (exact) mass is 275 g/mol. The minimum absolute atomic E-state index is 0.147. The van der Waals surface area contributed by atoms with Gasteiger partial charge in [-0.15, -0.1) is 0 Å². The van der Waals surface area contributed by atoms with E-state index in [2.05, 4.69) is 15.0 Å². The van der Waals surface area contributed by atoms with Gasteiger partial charge in [-0.1, -0.05) is 24.3 Å². The van der Waals surface area contributed by atoms with Crippen LogP contribution in [0.25, 0.3) is 22.3 Å². The van der Waals surface area contributed by atoms with Crippen molar-refractivity contribution < 1.29 is 4.79 Å². The molecule has 21 heavy (non-hydrogen) atoms. The summed E-state index contributed by atoms with van der Waals surface area (Å²) in [5, 5.41) is 2.14. The molecule has 102 valence electrons. The molecular formula is C17H13N3O. The van der Waals surface area contributed by atoms with Crippen molar-refractivity contribution in [3.05, 3.63) is 54.0 Å². The first-order chi connectivity index (χ1) is 10.3. The summed E-state index contributed by atoms with van der Waals surface area (Å²) in [5.41, 5.74) is 2.30. The zero-order chi connectivity index (χ0) is 14.2. The van der Waals surface area contributed by atoms with Gasteiger partial charge in [-0.3, -0.25) is 9.78 Å². The van der Waals surface area contributed by atoms with Crippen molar-refractivity contribution in [1.82, 2.24) is 15.0 Å². The summed E-state index contributed by atoms with van der Waals surface area (Å²) in [7, 11) is 0. The van der Waals surface area contributed by atoms with E-state index in [-0.39, 0.29) is 5.78 Å². The number of carbonyl (C=O) groups excluding carboxylic acids is 1. The van der Waals surface area contributed by atoms with Crippen molar-refractivity contribution >= 4 is 16.6 Å². The van der Waals surface area contributed by atoms with E-state index in [1.165, 1.54) is 0 Å². The number of nitrogens with zero attached hydrogens (tertiary/aromatic N) is 3. The molecule has 4 rings (SSSR count). The number of rotatable bonds is 1. The molecule has 0 amide bonds. The smallest absolute Gasteiger partial charge is 0.179 e. The molecule has 2 aromatic heterocycles. The van der Waals surface area contributed by atoms with Gasteiger partial charge >= 0.3 is 0 Å². The first-order valence-electron chi connectivity index (χ1n) is 7.06. The van der Waals surface area contributed by atoms with Crippen LogP contribution in [0.1, 0.15) is 28.9 Å². The van der Waals surface area contributed by atoms with Gasteiger partial charge in [-0.25, -0.2) is 9.97 Å². The highest BCUT2D eigenvalue weighted by molar-refractivity contribution is 5.98. The van der Waals surface area contributed by atoms with Gasteiger partial charge in [0.05, 0.1) is 11.3 Å². The molecule has 2 heterocycles. The minimum atomic E-state index is 0.147. The maximum Gasteiger partial charge on any atom is 0.179 e. The lowest BCUT2D eigenvalue weighted by atomic mass is 9.96. The largest absolute Gasteiger partial charge is 0.294 e. The Morgan fingerprint density at radius 3 is 2.86 bits per heavy atom. The number of hydrogen-bond donors (Lipinski definition) is 0. The summed E-state index contributed by atoms with van der Waals surface area (Å²) in [5.74, 6) is 0.744. The van der Waals surface area contributed by atoms with Crippen molar-refractivity contribution in [1.29, 1.82) is 0 Å². The van der Waals surface area contributed by atoms with Gasteiger partial charge < -0.3 is 0 Å². The fourth-order valence-electron chi connectivity index (χ4n) is 2.80. The number of hydrogen-bond acceptors (Lipinski definition) is 4. The molecule has 0 radical (unpaired) electrons.